The molecule has 0 spiro atoms. The molecule has 0 unspecified atom stereocenters. The summed E-state index contributed by atoms with van der Waals surface area (Å²) in [5.41, 5.74) is 4.72. The molecule has 0 aliphatic heterocycles. The number of carbonyl (C=O) groups excluding carboxylic acids is 1. The zero-order valence-electron chi connectivity index (χ0n) is 9.87. The number of rotatable bonds is 3. The Balaban J connectivity index is 1.96. The Morgan fingerprint density at radius 1 is 1.28 bits per heavy atom. The molecule has 5 heteroatoms. The summed E-state index contributed by atoms with van der Waals surface area (Å²) in [5.74, 6) is -0.383. The van der Waals surface area contributed by atoms with Crippen LogP contribution in [0.25, 0.3) is 0 Å². The first-order valence-electron chi connectivity index (χ1n) is 5.42. The second-order valence-corrected chi connectivity index (χ2v) is 3.70. The van der Waals surface area contributed by atoms with E-state index in [0.717, 1.165) is 5.56 Å². The van der Waals surface area contributed by atoms with E-state index in [2.05, 4.69) is 20.5 Å². The first kappa shape index (κ1) is 11.9. The van der Waals surface area contributed by atoms with Gasteiger partial charge in [0.05, 0.1) is 12.4 Å². The second-order valence-electron chi connectivity index (χ2n) is 3.70. The highest BCUT2D eigenvalue weighted by Crippen LogP contribution is 1.99. The van der Waals surface area contributed by atoms with Crippen molar-refractivity contribution >= 4 is 12.1 Å². The monoisotopic (exact) mass is 240 g/mol. The first-order chi connectivity index (χ1) is 8.75. The molecular formula is C13H12N4O. The van der Waals surface area contributed by atoms with Crippen molar-refractivity contribution in [1.29, 1.82) is 0 Å². The van der Waals surface area contributed by atoms with Gasteiger partial charge in [-0.05, 0) is 12.5 Å². The van der Waals surface area contributed by atoms with Crippen molar-refractivity contribution in [1.82, 2.24) is 15.4 Å². The van der Waals surface area contributed by atoms with Gasteiger partial charge in [0.15, 0.2) is 0 Å². The first-order valence-corrected chi connectivity index (χ1v) is 5.42. The van der Waals surface area contributed by atoms with Crippen LogP contribution < -0.4 is 5.43 Å². The predicted molar refractivity (Wildman–Crippen MR) is 68.3 cm³/mol. The lowest BCUT2D eigenvalue weighted by Crippen LogP contribution is -2.19. The van der Waals surface area contributed by atoms with Gasteiger partial charge in [-0.2, -0.15) is 5.10 Å². The average Bonchev–Trinajstić information content (AvgIpc) is 2.42. The highest BCUT2D eigenvalue weighted by Gasteiger charge is 2.03. The molecule has 2 aromatic rings. The summed E-state index contributed by atoms with van der Waals surface area (Å²) in [7, 11) is 0. The van der Waals surface area contributed by atoms with Gasteiger partial charge in [0.2, 0.25) is 0 Å². The zero-order chi connectivity index (χ0) is 12.8. The van der Waals surface area contributed by atoms with Crippen LogP contribution in [0.4, 0.5) is 0 Å². The van der Waals surface area contributed by atoms with Gasteiger partial charge in [0.25, 0.3) is 5.91 Å². The Morgan fingerprint density at radius 2 is 2.06 bits per heavy atom. The van der Waals surface area contributed by atoms with Crippen molar-refractivity contribution in [3.05, 3.63) is 59.7 Å². The molecule has 2 rings (SSSR count). The van der Waals surface area contributed by atoms with Gasteiger partial charge >= 0.3 is 0 Å². The van der Waals surface area contributed by atoms with E-state index in [-0.39, 0.29) is 11.6 Å². The molecule has 1 aromatic carbocycles. The van der Waals surface area contributed by atoms with E-state index in [1.165, 1.54) is 24.2 Å². The topological polar surface area (TPSA) is 67.2 Å². The van der Waals surface area contributed by atoms with Crippen LogP contribution >= 0.6 is 0 Å². The largest absolute Gasteiger partial charge is 0.291 e. The van der Waals surface area contributed by atoms with Gasteiger partial charge in [0.1, 0.15) is 5.69 Å². The number of amides is 1. The van der Waals surface area contributed by atoms with Gasteiger partial charge in [-0.25, -0.2) is 10.4 Å². The van der Waals surface area contributed by atoms with Crippen molar-refractivity contribution in [2.24, 2.45) is 5.10 Å². The lowest BCUT2D eigenvalue weighted by atomic mass is 10.2. The minimum absolute atomic E-state index is 0.235. The van der Waals surface area contributed by atoms with Crippen LogP contribution in [0.15, 0.2) is 48.0 Å². The molecule has 0 radical (unpaired) electrons. The Bertz CT molecular complexity index is 549. The molecular weight excluding hydrogens is 228 g/mol. The summed E-state index contributed by atoms with van der Waals surface area (Å²) < 4.78 is 0. The van der Waals surface area contributed by atoms with E-state index in [0.29, 0.717) is 0 Å². The maximum atomic E-state index is 11.6. The fourth-order valence-electron chi connectivity index (χ4n) is 1.29. The van der Waals surface area contributed by atoms with Gasteiger partial charge in [-0.1, -0.05) is 29.8 Å². The van der Waals surface area contributed by atoms with Crippen LogP contribution in [0.5, 0.6) is 0 Å². The summed E-state index contributed by atoms with van der Waals surface area (Å²) in [5, 5.41) is 3.86. The van der Waals surface area contributed by atoms with Crippen molar-refractivity contribution in [2.75, 3.05) is 0 Å². The molecule has 5 nitrogen and oxygen atoms in total. The molecule has 1 heterocycles. The van der Waals surface area contributed by atoms with Gasteiger partial charge in [-0.3, -0.25) is 9.78 Å². The number of benzene rings is 1. The van der Waals surface area contributed by atoms with E-state index >= 15 is 0 Å². The summed E-state index contributed by atoms with van der Waals surface area (Å²) in [6.07, 6.45) is 5.93. The third-order valence-corrected chi connectivity index (χ3v) is 2.25. The Kier molecular flexibility index (Phi) is 3.76. The molecule has 1 aromatic heterocycles. The molecule has 0 saturated carbocycles. The fraction of sp³-hybridized carbons (Fsp3) is 0.0769. The summed E-state index contributed by atoms with van der Waals surface area (Å²) in [6.45, 7) is 2.01. The number of nitrogens with zero attached hydrogens (tertiary/aromatic N) is 3. The number of aromatic nitrogens is 2. The Morgan fingerprint density at radius 3 is 2.72 bits per heavy atom. The van der Waals surface area contributed by atoms with Gasteiger partial charge in [0, 0.05) is 12.4 Å². The van der Waals surface area contributed by atoms with Crippen LogP contribution in [0.3, 0.4) is 0 Å². The van der Waals surface area contributed by atoms with Crippen LogP contribution in [0.1, 0.15) is 21.6 Å². The van der Waals surface area contributed by atoms with Crippen molar-refractivity contribution in [3.8, 4) is 0 Å². The van der Waals surface area contributed by atoms with Crippen molar-refractivity contribution < 1.29 is 4.79 Å². The SMILES string of the molecule is Cc1ccc(/C=N/NC(=O)c2cnccn2)cc1. The molecule has 0 aliphatic rings. The minimum atomic E-state index is -0.383. The fourth-order valence-corrected chi connectivity index (χ4v) is 1.29. The summed E-state index contributed by atoms with van der Waals surface area (Å²) in [4.78, 5) is 19.2. The smallest absolute Gasteiger partial charge is 0.265 e. The molecule has 1 amide bonds. The summed E-state index contributed by atoms with van der Waals surface area (Å²) in [6, 6.07) is 7.80. The number of aryl methyl sites for hydroxylation is 1. The average molecular weight is 240 g/mol. The van der Waals surface area contributed by atoms with Crippen molar-refractivity contribution in [3.63, 3.8) is 0 Å². The third kappa shape index (κ3) is 3.21. The maximum absolute atomic E-state index is 11.6. The molecule has 0 atom stereocenters. The molecule has 18 heavy (non-hydrogen) atoms. The predicted octanol–water partition coefficient (Wildman–Crippen LogP) is 1.55. The molecule has 0 bridgehead atoms. The number of nitrogens with one attached hydrogen (secondary N) is 1. The van der Waals surface area contributed by atoms with Crippen LogP contribution in [0.2, 0.25) is 0 Å². The summed E-state index contributed by atoms with van der Waals surface area (Å²) >= 11 is 0. The Hall–Kier alpha value is -2.56. The molecule has 0 saturated heterocycles. The number of carbonyl (C=O) groups is 1. The highest BCUT2D eigenvalue weighted by atomic mass is 16.2. The van der Waals surface area contributed by atoms with Gasteiger partial charge in [-0.15, -0.1) is 0 Å². The number of hydrogen-bond donors (Lipinski definition) is 1. The van der Waals surface area contributed by atoms with Crippen molar-refractivity contribution in [2.45, 2.75) is 6.92 Å². The van der Waals surface area contributed by atoms with E-state index < -0.39 is 0 Å². The highest BCUT2D eigenvalue weighted by molar-refractivity contribution is 5.92. The lowest BCUT2D eigenvalue weighted by Gasteiger charge is -1.97. The van der Waals surface area contributed by atoms with Crippen LogP contribution in [-0.2, 0) is 0 Å². The van der Waals surface area contributed by atoms with Gasteiger partial charge < -0.3 is 0 Å². The second kappa shape index (κ2) is 5.67. The third-order valence-electron chi connectivity index (χ3n) is 2.25. The normalized spacial score (nSPS) is 10.5. The van der Waals surface area contributed by atoms with Crippen LogP contribution in [-0.4, -0.2) is 22.1 Å². The van der Waals surface area contributed by atoms with E-state index in [4.69, 9.17) is 0 Å². The molecule has 0 fully saturated rings. The standard InChI is InChI=1S/C13H12N4O/c1-10-2-4-11(5-3-10)8-16-17-13(18)12-9-14-6-7-15-12/h2-9H,1H3,(H,17,18)/b16-8+. The van der Waals surface area contributed by atoms with E-state index in [9.17, 15) is 4.79 Å². The van der Waals surface area contributed by atoms with E-state index in [1.807, 2.05) is 31.2 Å². The maximum Gasteiger partial charge on any atom is 0.291 e. The van der Waals surface area contributed by atoms with Crippen LogP contribution in [0, 0.1) is 6.92 Å². The quantitative estimate of drug-likeness (QED) is 0.653. The zero-order valence-corrected chi connectivity index (χ0v) is 9.87. The molecule has 0 aliphatic carbocycles. The molecule has 1 N–H and O–H groups in total. The number of hydrogen-bond acceptors (Lipinski definition) is 4. The Labute approximate surface area is 105 Å². The number of hydrazone groups is 1. The molecule has 90 valence electrons. The minimum Gasteiger partial charge on any atom is -0.265 e. The lowest BCUT2D eigenvalue weighted by molar-refractivity contribution is 0.0950. The van der Waals surface area contributed by atoms with E-state index in [1.54, 1.807) is 6.21 Å².